The largest absolute Gasteiger partial charge is 0.356 e. The van der Waals surface area contributed by atoms with Gasteiger partial charge < -0.3 is 10.6 Å². The predicted molar refractivity (Wildman–Crippen MR) is 110 cm³/mol. The maximum Gasteiger partial charge on any atom is 0.191 e. The van der Waals surface area contributed by atoms with E-state index in [-0.39, 0.29) is 29.4 Å². The van der Waals surface area contributed by atoms with E-state index < -0.39 is 0 Å². The van der Waals surface area contributed by atoms with Gasteiger partial charge in [-0.25, -0.2) is 0 Å². The van der Waals surface area contributed by atoms with Gasteiger partial charge in [0.1, 0.15) is 0 Å². The van der Waals surface area contributed by atoms with E-state index in [0.29, 0.717) is 0 Å². The van der Waals surface area contributed by atoms with Crippen molar-refractivity contribution in [3.63, 3.8) is 0 Å². The van der Waals surface area contributed by atoms with Crippen molar-refractivity contribution in [3.05, 3.63) is 44.8 Å². The second kappa shape index (κ2) is 9.52. The van der Waals surface area contributed by atoms with E-state index in [0.717, 1.165) is 25.5 Å². The number of thiophene rings is 2. The molecule has 0 atom stereocenters. The summed E-state index contributed by atoms with van der Waals surface area (Å²) < 4.78 is 0. The lowest BCUT2D eigenvalue weighted by Crippen LogP contribution is -2.43. The first-order valence-corrected chi connectivity index (χ1v) is 8.88. The molecule has 0 saturated carbocycles. The number of nitrogens with one attached hydrogen (secondary N) is 2. The minimum atomic E-state index is 0. The fourth-order valence-electron chi connectivity index (χ4n) is 2.04. The molecule has 0 aromatic carbocycles. The van der Waals surface area contributed by atoms with Crippen molar-refractivity contribution in [2.75, 3.05) is 20.1 Å². The van der Waals surface area contributed by atoms with E-state index in [9.17, 15) is 0 Å². The van der Waals surface area contributed by atoms with Crippen LogP contribution < -0.4 is 10.6 Å². The maximum atomic E-state index is 4.29. The highest BCUT2D eigenvalue weighted by Crippen LogP contribution is 2.26. The van der Waals surface area contributed by atoms with Crippen LogP contribution >= 0.6 is 46.7 Å². The van der Waals surface area contributed by atoms with Gasteiger partial charge in [0.25, 0.3) is 0 Å². The Morgan fingerprint density at radius 1 is 1.14 bits per heavy atom. The fourth-order valence-corrected chi connectivity index (χ4v) is 3.60. The summed E-state index contributed by atoms with van der Waals surface area (Å²) in [5, 5.41) is 11.0. The summed E-state index contributed by atoms with van der Waals surface area (Å²) in [4.78, 5) is 7.09. The molecule has 0 unspecified atom stereocenters. The van der Waals surface area contributed by atoms with E-state index in [4.69, 9.17) is 0 Å². The summed E-state index contributed by atoms with van der Waals surface area (Å²) in [7, 11) is 1.82. The van der Waals surface area contributed by atoms with Gasteiger partial charge in [0.05, 0.1) is 0 Å². The minimum absolute atomic E-state index is 0. The van der Waals surface area contributed by atoms with Crippen LogP contribution in [0.4, 0.5) is 0 Å². The molecule has 0 fully saturated rings. The van der Waals surface area contributed by atoms with Crippen molar-refractivity contribution in [1.82, 2.24) is 10.6 Å². The molecule has 0 aliphatic heterocycles. The van der Waals surface area contributed by atoms with Gasteiger partial charge in [0.15, 0.2) is 5.96 Å². The summed E-state index contributed by atoms with van der Waals surface area (Å²) in [6.07, 6.45) is 1.03. The quantitative estimate of drug-likeness (QED) is 0.396. The van der Waals surface area contributed by atoms with Crippen LogP contribution in [0.5, 0.6) is 0 Å². The first-order valence-electron chi connectivity index (χ1n) is 7.13. The number of guanidine groups is 1. The van der Waals surface area contributed by atoms with Crippen molar-refractivity contribution in [2.45, 2.75) is 25.7 Å². The molecule has 0 saturated heterocycles. The smallest absolute Gasteiger partial charge is 0.191 e. The minimum Gasteiger partial charge on any atom is -0.356 e. The van der Waals surface area contributed by atoms with Gasteiger partial charge in [-0.3, -0.25) is 4.99 Å². The van der Waals surface area contributed by atoms with Crippen molar-refractivity contribution in [2.24, 2.45) is 4.99 Å². The van der Waals surface area contributed by atoms with Gasteiger partial charge in [-0.1, -0.05) is 26.0 Å². The van der Waals surface area contributed by atoms with Crippen LogP contribution in [-0.2, 0) is 11.8 Å². The van der Waals surface area contributed by atoms with Gasteiger partial charge in [-0.05, 0) is 29.3 Å². The van der Waals surface area contributed by atoms with E-state index in [1.165, 1.54) is 9.75 Å². The summed E-state index contributed by atoms with van der Waals surface area (Å²) in [6.45, 7) is 6.28. The van der Waals surface area contributed by atoms with Crippen LogP contribution in [0.2, 0.25) is 0 Å². The third-order valence-corrected chi connectivity index (χ3v) is 5.53. The molecule has 2 N–H and O–H groups in total. The third kappa shape index (κ3) is 5.89. The Morgan fingerprint density at radius 3 is 2.45 bits per heavy atom. The molecule has 0 spiro atoms. The maximum absolute atomic E-state index is 4.29. The highest BCUT2D eigenvalue weighted by molar-refractivity contribution is 14.0. The van der Waals surface area contributed by atoms with Crippen molar-refractivity contribution in [1.29, 1.82) is 0 Å². The SMILES string of the molecule is CN=C(NCCc1cccs1)NCC(C)(C)c1cccs1.I. The Hall–Kier alpha value is -0.600. The number of nitrogens with zero attached hydrogens (tertiary/aromatic N) is 1. The van der Waals surface area contributed by atoms with Crippen LogP contribution in [0.25, 0.3) is 0 Å². The molecule has 2 aromatic rings. The molecule has 22 heavy (non-hydrogen) atoms. The number of rotatable bonds is 6. The molecule has 3 nitrogen and oxygen atoms in total. The van der Waals surface area contributed by atoms with Crippen LogP contribution in [0.1, 0.15) is 23.6 Å². The molecular weight excluding hydrogens is 425 g/mol. The molecular formula is C16H24IN3S2. The van der Waals surface area contributed by atoms with Gasteiger partial charge in [0, 0.05) is 35.3 Å². The molecule has 0 amide bonds. The van der Waals surface area contributed by atoms with Gasteiger partial charge in [0.2, 0.25) is 0 Å². The molecule has 2 rings (SSSR count). The molecule has 0 bridgehead atoms. The molecule has 122 valence electrons. The van der Waals surface area contributed by atoms with Crippen molar-refractivity contribution in [3.8, 4) is 0 Å². The lowest BCUT2D eigenvalue weighted by molar-refractivity contribution is 0.518. The Kier molecular flexibility index (Phi) is 8.41. The number of hydrogen-bond acceptors (Lipinski definition) is 3. The second-order valence-corrected chi connectivity index (χ2v) is 7.52. The highest BCUT2D eigenvalue weighted by atomic mass is 127. The molecule has 0 radical (unpaired) electrons. The van der Waals surface area contributed by atoms with E-state index in [2.05, 4.69) is 64.5 Å². The average Bonchev–Trinajstić information content (AvgIpc) is 3.15. The lowest BCUT2D eigenvalue weighted by atomic mass is 9.91. The number of halogens is 1. The fraction of sp³-hybridized carbons (Fsp3) is 0.438. The molecule has 6 heteroatoms. The summed E-state index contributed by atoms with van der Waals surface area (Å²) >= 11 is 3.61. The summed E-state index contributed by atoms with van der Waals surface area (Å²) in [6, 6.07) is 8.56. The topological polar surface area (TPSA) is 36.4 Å². The van der Waals surface area contributed by atoms with E-state index in [1.807, 2.05) is 7.05 Å². The average molecular weight is 449 g/mol. The zero-order valence-electron chi connectivity index (χ0n) is 13.3. The summed E-state index contributed by atoms with van der Waals surface area (Å²) in [5.74, 6) is 0.871. The zero-order valence-corrected chi connectivity index (χ0v) is 17.2. The number of aliphatic imine (C=N–C) groups is 1. The van der Waals surface area contributed by atoms with Gasteiger partial charge >= 0.3 is 0 Å². The van der Waals surface area contributed by atoms with E-state index >= 15 is 0 Å². The highest BCUT2D eigenvalue weighted by Gasteiger charge is 2.21. The van der Waals surface area contributed by atoms with E-state index in [1.54, 1.807) is 22.7 Å². The summed E-state index contributed by atoms with van der Waals surface area (Å²) in [5.41, 5.74) is 0.111. The second-order valence-electron chi connectivity index (χ2n) is 5.54. The molecule has 2 aromatic heterocycles. The van der Waals surface area contributed by atoms with Crippen LogP contribution in [-0.4, -0.2) is 26.1 Å². The zero-order chi connectivity index (χ0) is 15.1. The van der Waals surface area contributed by atoms with Gasteiger partial charge in [-0.15, -0.1) is 46.7 Å². The normalized spacial score (nSPS) is 11.9. The number of hydrogen-bond donors (Lipinski definition) is 2. The third-order valence-electron chi connectivity index (χ3n) is 3.35. The Morgan fingerprint density at radius 2 is 1.86 bits per heavy atom. The Balaban J connectivity index is 0.00000242. The molecule has 0 aliphatic carbocycles. The first kappa shape index (κ1) is 19.4. The van der Waals surface area contributed by atoms with Gasteiger partial charge in [-0.2, -0.15) is 0 Å². The molecule has 0 aliphatic rings. The molecule has 2 heterocycles. The van der Waals surface area contributed by atoms with Crippen molar-refractivity contribution >= 4 is 52.6 Å². The Bertz CT molecular complexity index is 548. The standard InChI is InChI=1S/C16H23N3S2.HI/c1-16(2,14-7-5-11-21-14)12-19-15(17-3)18-9-8-13-6-4-10-20-13;/h4-7,10-11H,8-9,12H2,1-3H3,(H2,17,18,19);1H. The van der Waals surface area contributed by atoms with Crippen LogP contribution in [0.3, 0.4) is 0 Å². The Labute approximate surface area is 158 Å². The van der Waals surface area contributed by atoms with Crippen molar-refractivity contribution < 1.29 is 0 Å². The monoisotopic (exact) mass is 449 g/mol. The lowest BCUT2D eigenvalue weighted by Gasteiger charge is -2.25. The van der Waals surface area contributed by atoms with Crippen LogP contribution in [0.15, 0.2) is 40.0 Å². The van der Waals surface area contributed by atoms with Crippen LogP contribution in [0, 0.1) is 0 Å². The predicted octanol–water partition coefficient (Wildman–Crippen LogP) is 4.11. The first-order chi connectivity index (χ1) is 10.1.